The second kappa shape index (κ2) is 10.5. The molecule has 192 valence electrons. The van der Waals surface area contributed by atoms with Crippen LogP contribution in [0.15, 0.2) is 60.7 Å². The van der Waals surface area contributed by atoms with Gasteiger partial charge in [0, 0.05) is 22.8 Å². The molecule has 0 aliphatic heterocycles. The highest BCUT2D eigenvalue weighted by Crippen LogP contribution is 2.25. The number of carbonyl (C=O) groups excluding carboxylic acids is 2. The minimum absolute atomic E-state index is 0.115. The Balaban J connectivity index is 1.15. The molecule has 0 unspecified atom stereocenters. The number of aliphatic hydroxyl groups excluding tert-OH is 2. The molecule has 0 bridgehead atoms. The van der Waals surface area contributed by atoms with Crippen LogP contribution in [0.1, 0.15) is 26.7 Å². The standard InChI is InChI=1S/C28H30N4O4S/c1-17-30-23-9-5-6-10-24(23)32(17)16-22-12-11-21(37-22)15-29-27(35)25(33)26(34)28(36)31(2)20-13-18-7-3-4-8-19(18)14-20/h3-12,20,25-26,33-34H,13-16H2,1-2H3,(H,29,35)/t25-,26-/m1/s1. The van der Waals surface area contributed by atoms with Crippen molar-refractivity contribution in [2.75, 3.05) is 7.05 Å². The van der Waals surface area contributed by atoms with Crippen molar-refractivity contribution in [3.8, 4) is 0 Å². The Labute approximate surface area is 219 Å². The molecule has 2 aromatic heterocycles. The van der Waals surface area contributed by atoms with Gasteiger partial charge in [-0.2, -0.15) is 0 Å². The topological polar surface area (TPSA) is 108 Å². The molecule has 0 radical (unpaired) electrons. The van der Waals surface area contributed by atoms with Crippen LogP contribution in [0.3, 0.4) is 0 Å². The summed E-state index contributed by atoms with van der Waals surface area (Å²) < 4.78 is 2.15. The lowest BCUT2D eigenvalue weighted by Gasteiger charge is -2.28. The van der Waals surface area contributed by atoms with Gasteiger partial charge in [-0.3, -0.25) is 9.59 Å². The number of likely N-dealkylation sites (N-methyl/N-ethyl adjacent to an activating group) is 1. The summed E-state index contributed by atoms with van der Waals surface area (Å²) in [6, 6.07) is 19.8. The third-order valence-corrected chi connectivity index (χ3v) is 8.13. The Morgan fingerprint density at radius 1 is 1.03 bits per heavy atom. The second-order valence-corrected chi connectivity index (χ2v) is 10.7. The summed E-state index contributed by atoms with van der Waals surface area (Å²) in [6.45, 7) is 2.84. The number of aromatic nitrogens is 2. The lowest BCUT2D eigenvalue weighted by molar-refractivity contribution is -0.153. The van der Waals surface area contributed by atoms with Gasteiger partial charge in [0.1, 0.15) is 5.82 Å². The average Bonchev–Trinajstić information content (AvgIpc) is 3.63. The van der Waals surface area contributed by atoms with E-state index in [0.717, 1.165) is 26.6 Å². The van der Waals surface area contributed by atoms with Crippen LogP contribution >= 0.6 is 11.3 Å². The summed E-state index contributed by atoms with van der Waals surface area (Å²) in [5.74, 6) is -0.519. The van der Waals surface area contributed by atoms with Crippen molar-refractivity contribution < 1.29 is 19.8 Å². The fourth-order valence-electron chi connectivity index (χ4n) is 4.91. The number of benzene rings is 2. The first kappa shape index (κ1) is 25.1. The number of rotatable bonds is 8. The van der Waals surface area contributed by atoms with Gasteiger partial charge in [-0.1, -0.05) is 36.4 Å². The van der Waals surface area contributed by atoms with Crippen molar-refractivity contribution in [2.45, 2.75) is 51.1 Å². The SMILES string of the molecule is Cc1nc2ccccc2n1Cc1ccc(CNC(=O)[C@H](O)[C@@H](O)C(=O)N(C)C2Cc3ccccc3C2)s1. The van der Waals surface area contributed by atoms with Gasteiger partial charge in [-0.05, 0) is 55.2 Å². The van der Waals surface area contributed by atoms with E-state index < -0.39 is 24.0 Å². The number of hydrogen-bond acceptors (Lipinski definition) is 6. The first-order valence-electron chi connectivity index (χ1n) is 12.3. The monoisotopic (exact) mass is 518 g/mol. The first-order valence-corrected chi connectivity index (χ1v) is 13.1. The first-order chi connectivity index (χ1) is 17.8. The zero-order valence-electron chi connectivity index (χ0n) is 20.8. The number of aryl methyl sites for hydroxylation is 1. The van der Waals surface area contributed by atoms with Crippen LogP contribution in [0.25, 0.3) is 11.0 Å². The van der Waals surface area contributed by atoms with Crippen molar-refractivity contribution in [3.63, 3.8) is 0 Å². The molecule has 0 saturated heterocycles. The molecule has 1 aliphatic carbocycles. The van der Waals surface area contributed by atoms with Crippen LogP contribution in [-0.2, 0) is 35.5 Å². The van der Waals surface area contributed by atoms with Gasteiger partial charge in [0.05, 0.1) is 24.1 Å². The van der Waals surface area contributed by atoms with E-state index in [-0.39, 0.29) is 12.6 Å². The van der Waals surface area contributed by atoms with E-state index in [1.807, 2.05) is 67.6 Å². The summed E-state index contributed by atoms with van der Waals surface area (Å²) in [5.41, 5.74) is 4.36. The number of imidazole rings is 1. The van der Waals surface area contributed by atoms with Crippen molar-refractivity contribution >= 4 is 34.2 Å². The predicted molar refractivity (Wildman–Crippen MR) is 142 cm³/mol. The summed E-state index contributed by atoms with van der Waals surface area (Å²) in [6.07, 6.45) is -2.31. The molecule has 4 aromatic rings. The van der Waals surface area contributed by atoms with E-state index >= 15 is 0 Å². The molecule has 2 atom stereocenters. The molecule has 37 heavy (non-hydrogen) atoms. The molecule has 0 saturated carbocycles. The van der Waals surface area contributed by atoms with Gasteiger partial charge < -0.3 is 25.0 Å². The van der Waals surface area contributed by atoms with Gasteiger partial charge in [-0.25, -0.2) is 4.98 Å². The molecule has 3 N–H and O–H groups in total. The molecule has 8 nitrogen and oxygen atoms in total. The van der Waals surface area contributed by atoms with Crippen LogP contribution in [-0.4, -0.2) is 61.8 Å². The Kier molecular flexibility index (Phi) is 7.10. The Hall–Kier alpha value is -3.53. The van der Waals surface area contributed by atoms with Crippen LogP contribution in [0, 0.1) is 6.92 Å². The van der Waals surface area contributed by atoms with E-state index in [0.29, 0.717) is 19.4 Å². The Bertz CT molecular complexity index is 1420. The predicted octanol–water partition coefficient (Wildman–Crippen LogP) is 2.42. The second-order valence-electron chi connectivity index (χ2n) is 9.49. The highest BCUT2D eigenvalue weighted by Gasteiger charge is 2.36. The minimum atomic E-state index is -1.85. The van der Waals surface area contributed by atoms with Crippen LogP contribution < -0.4 is 5.32 Å². The fraction of sp³-hybridized carbons (Fsp3) is 0.321. The van der Waals surface area contributed by atoms with E-state index in [2.05, 4.69) is 14.9 Å². The quantitative estimate of drug-likeness (QED) is 0.332. The maximum Gasteiger partial charge on any atom is 0.254 e. The molecule has 5 rings (SSSR count). The number of carbonyl (C=O) groups is 2. The number of amides is 2. The number of fused-ring (bicyclic) bond motifs is 2. The number of nitrogens with zero attached hydrogens (tertiary/aromatic N) is 3. The van der Waals surface area contributed by atoms with E-state index in [1.54, 1.807) is 18.4 Å². The summed E-state index contributed by atoms with van der Waals surface area (Å²) in [4.78, 5) is 33.4. The highest BCUT2D eigenvalue weighted by atomic mass is 32.1. The number of nitrogens with one attached hydrogen (secondary N) is 1. The Morgan fingerprint density at radius 3 is 2.41 bits per heavy atom. The number of aliphatic hydroxyl groups is 2. The van der Waals surface area contributed by atoms with E-state index in [9.17, 15) is 19.8 Å². The van der Waals surface area contributed by atoms with Crippen molar-refractivity contribution in [3.05, 3.63) is 87.4 Å². The minimum Gasteiger partial charge on any atom is -0.380 e. The smallest absolute Gasteiger partial charge is 0.254 e. The van der Waals surface area contributed by atoms with Crippen LogP contribution in [0.2, 0.25) is 0 Å². The van der Waals surface area contributed by atoms with Gasteiger partial charge in [-0.15, -0.1) is 11.3 Å². The number of para-hydroxylation sites is 2. The van der Waals surface area contributed by atoms with Crippen LogP contribution in [0.5, 0.6) is 0 Å². The molecular weight excluding hydrogens is 488 g/mol. The third kappa shape index (κ3) is 5.16. The van der Waals surface area contributed by atoms with E-state index in [4.69, 9.17) is 0 Å². The molecule has 9 heteroatoms. The molecule has 2 aromatic carbocycles. The third-order valence-electron chi connectivity index (χ3n) is 7.06. The van der Waals surface area contributed by atoms with Crippen molar-refractivity contribution in [1.29, 1.82) is 0 Å². The molecule has 0 fully saturated rings. The number of hydrogen-bond donors (Lipinski definition) is 3. The molecule has 0 spiro atoms. The lowest BCUT2D eigenvalue weighted by Crippen LogP contribution is -2.52. The molecule has 2 amide bonds. The molecular formula is C28H30N4O4S. The normalized spacial score (nSPS) is 14.9. The summed E-state index contributed by atoms with van der Waals surface area (Å²) in [5, 5.41) is 23.5. The van der Waals surface area contributed by atoms with E-state index in [1.165, 1.54) is 16.0 Å². The maximum absolute atomic E-state index is 12.8. The lowest BCUT2D eigenvalue weighted by atomic mass is 10.1. The van der Waals surface area contributed by atoms with Crippen LogP contribution in [0.4, 0.5) is 0 Å². The zero-order chi connectivity index (χ0) is 26.1. The summed E-state index contributed by atoms with van der Waals surface area (Å²) >= 11 is 1.55. The average molecular weight is 519 g/mol. The fourth-order valence-corrected chi connectivity index (χ4v) is 5.86. The Morgan fingerprint density at radius 2 is 1.68 bits per heavy atom. The van der Waals surface area contributed by atoms with Crippen molar-refractivity contribution in [2.24, 2.45) is 0 Å². The molecule has 1 aliphatic rings. The summed E-state index contributed by atoms with van der Waals surface area (Å²) in [7, 11) is 1.60. The highest BCUT2D eigenvalue weighted by molar-refractivity contribution is 7.12. The van der Waals surface area contributed by atoms with Gasteiger partial charge in [0.15, 0.2) is 12.2 Å². The zero-order valence-corrected chi connectivity index (χ0v) is 21.6. The maximum atomic E-state index is 12.8. The van der Waals surface area contributed by atoms with Gasteiger partial charge in [0.2, 0.25) is 0 Å². The van der Waals surface area contributed by atoms with Gasteiger partial charge in [0.25, 0.3) is 11.8 Å². The van der Waals surface area contributed by atoms with Gasteiger partial charge >= 0.3 is 0 Å². The van der Waals surface area contributed by atoms with Crippen molar-refractivity contribution in [1.82, 2.24) is 19.8 Å². The molecule has 2 heterocycles. The largest absolute Gasteiger partial charge is 0.380 e. The number of thiophene rings is 1.